The van der Waals surface area contributed by atoms with Gasteiger partial charge in [0.2, 0.25) is 0 Å². The third kappa shape index (κ3) is 4.76. The largest absolute Gasteiger partial charge is 0.456 e. The van der Waals surface area contributed by atoms with E-state index in [-0.39, 0.29) is 17.9 Å². The lowest BCUT2D eigenvalue weighted by Crippen LogP contribution is -2.34. The van der Waals surface area contributed by atoms with Crippen molar-refractivity contribution in [3.63, 3.8) is 0 Å². The second kappa shape index (κ2) is 7.49. The van der Waals surface area contributed by atoms with Crippen LogP contribution in [-0.2, 0) is 11.3 Å². The highest BCUT2D eigenvalue weighted by Gasteiger charge is 2.26. The Labute approximate surface area is 155 Å². The molecule has 1 aromatic carbocycles. The van der Waals surface area contributed by atoms with E-state index in [1.54, 1.807) is 39.2 Å². The fourth-order valence-electron chi connectivity index (χ4n) is 2.14. The van der Waals surface area contributed by atoms with Crippen molar-refractivity contribution in [2.75, 3.05) is 12.0 Å². The predicted molar refractivity (Wildman–Crippen MR) is 100 cm³/mol. The molecule has 0 saturated carbocycles. The number of nitrogen functional groups attached to an aromatic ring is 1. The number of aromatic nitrogens is 2. The summed E-state index contributed by atoms with van der Waals surface area (Å²) in [4.78, 5) is 29.4. The minimum Gasteiger partial charge on any atom is -0.456 e. The molecule has 0 amide bonds. The predicted octanol–water partition coefficient (Wildman–Crippen LogP) is 3.20. The maximum absolute atomic E-state index is 12.9. The second-order valence-electron chi connectivity index (χ2n) is 6.38. The Morgan fingerprint density at radius 3 is 2.44 bits per heavy atom. The van der Waals surface area contributed by atoms with E-state index >= 15 is 0 Å². The summed E-state index contributed by atoms with van der Waals surface area (Å²) in [6.45, 7) is 5.40. The maximum Gasteiger partial charge on any atom is 0.348 e. The van der Waals surface area contributed by atoms with Crippen LogP contribution in [0.2, 0.25) is 5.02 Å². The third-order valence-corrected chi connectivity index (χ3v) is 4.13. The average Bonchev–Trinajstić information content (AvgIpc) is 2.50. The fraction of sp³-hybridized carbons (Fsp3) is 0.353. The van der Waals surface area contributed by atoms with Gasteiger partial charge in [-0.05, 0) is 44.7 Å². The van der Waals surface area contributed by atoms with E-state index in [9.17, 15) is 9.59 Å². The number of anilines is 1. The van der Waals surface area contributed by atoms with Crippen LogP contribution in [0.1, 0.15) is 36.7 Å². The van der Waals surface area contributed by atoms with Crippen LogP contribution in [-0.4, -0.2) is 27.4 Å². The molecule has 2 aromatic rings. The number of hydrogen-bond donors (Lipinski definition) is 1. The Hall–Kier alpha value is -1.99. The number of halogens is 1. The van der Waals surface area contributed by atoms with E-state index < -0.39 is 17.1 Å². The second-order valence-corrected chi connectivity index (χ2v) is 7.59. The minimum absolute atomic E-state index is 0.129. The van der Waals surface area contributed by atoms with Crippen LogP contribution in [0.25, 0.3) is 0 Å². The van der Waals surface area contributed by atoms with Crippen LogP contribution >= 0.6 is 23.4 Å². The molecule has 0 fully saturated rings. The zero-order valence-electron chi connectivity index (χ0n) is 14.5. The summed E-state index contributed by atoms with van der Waals surface area (Å²) >= 11 is 7.16. The molecule has 0 atom stereocenters. The van der Waals surface area contributed by atoms with Crippen molar-refractivity contribution in [3.05, 3.63) is 50.8 Å². The summed E-state index contributed by atoms with van der Waals surface area (Å²) in [6, 6.07) is 7.09. The normalized spacial score (nSPS) is 11.4. The number of benzene rings is 1. The number of ether oxygens (including phenoxy) is 1. The summed E-state index contributed by atoms with van der Waals surface area (Å²) in [5.74, 6) is -0.907. The lowest BCUT2D eigenvalue weighted by molar-refractivity contribution is 0.00674. The molecule has 0 aliphatic carbocycles. The molecule has 0 radical (unpaired) electrons. The smallest absolute Gasteiger partial charge is 0.348 e. The quantitative estimate of drug-likeness (QED) is 0.497. The molecular weight excluding hydrogens is 362 g/mol. The lowest BCUT2D eigenvalue weighted by atomic mass is 10.2. The van der Waals surface area contributed by atoms with Crippen LogP contribution < -0.4 is 11.3 Å². The first-order chi connectivity index (χ1) is 11.6. The first-order valence-electron chi connectivity index (χ1n) is 7.54. The van der Waals surface area contributed by atoms with Gasteiger partial charge in [-0.3, -0.25) is 9.36 Å². The van der Waals surface area contributed by atoms with Crippen molar-refractivity contribution in [2.24, 2.45) is 0 Å². The van der Waals surface area contributed by atoms with Gasteiger partial charge < -0.3 is 10.5 Å². The van der Waals surface area contributed by atoms with Crippen molar-refractivity contribution < 1.29 is 9.53 Å². The number of carbonyl (C=O) groups is 1. The zero-order chi connectivity index (χ0) is 18.8. The molecular formula is C17H20ClN3O3S. The molecule has 0 spiro atoms. The Balaban J connectivity index is 2.51. The van der Waals surface area contributed by atoms with Gasteiger partial charge in [-0.15, -0.1) is 0 Å². The van der Waals surface area contributed by atoms with Gasteiger partial charge >= 0.3 is 5.97 Å². The minimum atomic E-state index is -0.778. The summed E-state index contributed by atoms with van der Waals surface area (Å²) in [6.07, 6.45) is 1.78. The number of carbonyl (C=O) groups excluding carboxylic acids is 1. The number of nitrogens with zero attached hydrogens (tertiary/aromatic N) is 2. The van der Waals surface area contributed by atoms with Gasteiger partial charge in [-0.25, -0.2) is 9.78 Å². The summed E-state index contributed by atoms with van der Waals surface area (Å²) < 4.78 is 6.69. The molecule has 134 valence electrons. The fourth-order valence-corrected chi connectivity index (χ4v) is 2.82. The zero-order valence-corrected chi connectivity index (χ0v) is 16.1. The number of nitrogens with two attached hydrogens (primary N) is 1. The molecule has 8 heteroatoms. The molecule has 0 aliphatic rings. The molecule has 0 saturated heterocycles. The molecule has 0 aliphatic heterocycles. The van der Waals surface area contributed by atoms with E-state index in [0.717, 1.165) is 5.56 Å². The third-order valence-electron chi connectivity index (χ3n) is 3.20. The van der Waals surface area contributed by atoms with Gasteiger partial charge in [-0.2, -0.15) is 0 Å². The number of hydrogen-bond acceptors (Lipinski definition) is 6. The number of rotatable bonds is 4. The SMILES string of the molecule is CSc1nc(N)c(C(=O)OC(C)(C)C)c(=O)n1Cc1ccc(Cl)cc1. The van der Waals surface area contributed by atoms with E-state index in [1.165, 1.54) is 16.3 Å². The molecule has 25 heavy (non-hydrogen) atoms. The van der Waals surface area contributed by atoms with Crippen LogP contribution in [0.5, 0.6) is 0 Å². The van der Waals surface area contributed by atoms with E-state index in [1.807, 2.05) is 12.1 Å². The Bertz CT molecular complexity index is 842. The highest BCUT2D eigenvalue weighted by atomic mass is 35.5. The summed E-state index contributed by atoms with van der Waals surface area (Å²) in [5, 5.41) is 1.02. The van der Waals surface area contributed by atoms with Crippen LogP contribution in [0, 0.1) is 0 Å². The highest BCUT2D eigenvalue weighted by molar-refractivity contribution is 7.98. The van der Waals surface area contributed by atoms with E-state index in [0.29, 0.717) is 10.2 Å². The van der Waals surface area contributed by atoms with Crippen molar-refractivity contribution in [2.45, 2.75) is 38.1 Å². The molecule has 2 N–H and O–H groups in total. The van der Waals surface area contributed by atoms with Gasteiger partial charge in [0.25, 0.3) is 5.56 Å². The topological polar surface area (TPSA) is 87.2 Å². The standard InChI is InChI=1S/C17H20ClN3O3S/c1-17(2,3)24-15(23)12-13(19)20-16(25-4)21(14(12)22)9-10-5-7-11(18)8-6-10/h5-8H,9,19H2,1-4H3. The average molecular weight is 382 g/mol. The molecule has 1 heterocycles. The molecule has 1 aromatic heterocycles. The Kier molecular flexibility index (Phi) is 5.80. The number of thioether (sulfide) groups is 1. The van der Waals surface area contributed by atoms with Gasteiger partial charge in [0.1, 0.15) is 11.4 Å². The summed E-state index contributed by atoms with van der Waals surface area (Å²) in [7, 11) is 0. The van der Waals surface area contributed by atoms with Crippen molar-refractivity contribution >= 4 is 35.1 Å². The van der Waals surface area contributed by atoms with Gasteiger partial charge in [0.05, 0.1) is 6.54 Å². The first-order valence-corrected chi connectivity index (χ1v) is 9.14. The van der Waals surface area contributed by atoms with Crippen LogP contribution in [0.3, 0.4) is 0 Å². The molecule has 0 unspecified atom stereocenters. The van der Waals surface area contributed by atoms with E-state index in [2.05, 4.69) is 4.98 Å². The summed E-state index contributed by atoms with van der Waals surface area (Å²) in [5.41, 5.74) is 5.18. The highest BCUT2D eigenvalue weighted by Crippen LogP contribution is 2.19. The van der Waals surface area contributed by atoms with Gasteiger partial charge in [0, 0.05) is 5.02 Å². The maximum atomic E-state index is 12.9. The van der Waals surface area contributed by atoms with Crippen molar-refractivity contribution in [1.82, 2.24) is 9.55 Å². The van der Waals surface area contributed by atoms with Crippen LogP contribution in [0.4, 0.5) is 5.82 Å². The van der Waals surface area contributed by atoms with Crippen LogP contribution in [0.15, 0.2) is 34.2 Å². The first kappa shape index (κ1) is 19.3. The van der Waals surface area contributed by atoms with Gasteiger partial charge in [0.15, 0.2) is 10.7 Å². The lowest BCUT2D eigenvalue weighted by Gasteiger charge is -2.20. The van der Waals surface area contributed by atoms with Crippen molar-refractivity contribution in [1.29, 1.82) is 0 Å². The Morgan fingerprint density at radius 2 is 1.92 bits per heavy atom. The van der Waals surface area contributed by atoms with Crippen molar-refractivity contribution in [3.8, 4) is 0 Å². The number of esters is 1. The van der Waals surface area contributed by atoms with Gasteiger partial charge in [-0.1, -0.05) is 35.5 Å². The van der Waals surface area contributed by atoms with E-state index in [4.69, 9.17) is 22.1 Å². The molecule has 2 rings (SSSR count). The Morgan fingerprint density at radius 1 is 1.32 bits per heavy atom. The molecule has 0 bridgehead atoms. The molecule has 6 nitrogen and oxygen atoms in total. The monoisotopic (exact) mass is 381 g/mol.